The Hall–Kier alpha value is -1.26. The van der Waals surface area contributed by atoms with Crippen LogP contribution in [0.15, 0.2) is 18.2 Å². The number of hydrogen-bond acceptors (Lipinski definition) is 2. The first kappa shape index (κ1) is 10.8. The molecular formula is C9H11F3N2. The van der Waals surface area contributed by atoms with E-state index in [2.05, 4.69) is 10.3 Å². The van der Waals surface area contributed by atoms with Crippen LogP contribution in [0.4, 0.5) is 19.0 Å². The van der Waals surface area contributed by atoms with Crippen molar-refractivity contribution in [1.82, 2.24) is 4.98 Å². The van der Waals surface area contributed by atoms with Gasteiger partial charge in [0, 0.05) is 6.54 Å². The highest BCUT2D eigenvalue weighted by atomic mass is 19.4. The summed E-state index contributed by atoms with van der Waals surface area (Å²) < 4.78 is 36.6. The van der Waals surface area contributed by atoms with Crippen LogP contribution in [0.5, 0.6) is 0 Å². The van der Waals surface area contributed by atoms with E-state index in [9.17, 15) is 13.2 Å². The lowest BCUT2D eigenvalue weighted by molar-refractivity contribution is -0.141. The molecule has 0 bridgehead atoms. The van der Waals surface area contributed by atoms with E-state index in [1.807, 2.05) is 6.92 Å². The summed E-state index contributed by atoms with van der Waals surface area (Å²) in [7, 11) is 0. The summed E-state index contributed by atoms with van der Waals surface area (Å²) in [6.45, 7) is 2.55. The zero-order valence-corrected chi connectivity index (χ0v) is 7.73. The van der Waals surface area contributed by atoms with Crippen molar-refractivity contribution in [3.63, 3.8) is 0 Å². The largest absolute Gasteiger partial charge is 0.433 e. The molecule has 0 unspecified atom stereocenters. The van der Waals surface area contributed by atoms with Gasteiger partial charge in [-0.1, -0.05) is 13.0 Å². The third-order valence-electron chi connectivity index (χ3n) is 1.60. The molecule has 0 atom stereocenters. The molecular weight excluding hydrogens is 193 g/mol. The first-order chi connectivity index (χ1) is 6.54. The SMILES string of the molecule is CCCNc1cccc(C(F)(F)F)n1. The monoisotopic (exact) mass is 204 g/mol. The molecule has 0 saturated carbocycles. The Kier molecular flexibility index (Phi) is 3.33. The smallest absolute Gasteiger partial charge is 0.370 e. The summed E-state index contributed by atoms with van der Waals surface area (Å²) in [5, 5.41) is 2.80. The summed E-state index contributed by atoms with van der Waals surface area (Å²) >= 11 is 0. The first-order valence-electron chi connectivity index (χ1n) is 4.32. The van der Waals surface area contributed by atoms with Gasteiger partial charge in [0.2, 0.25) is 0 Å². The normalized spacial score (nSPS) is 11.4. The number of rotatable bonds is 3. The zero-order chi connectivity index (χ0) is 10.6. The van der Waals surface area contributed by atoms with Gasteiger partial charge in [0.1, 0.15) is 11.5 Å². The molecule has 14 heavy (non-hydrogen) atoms. The molecule has 1 N–H and O–H groups in total. The van der Waals surface area contributed by atoms with Crippen molar-refractivity contribution >= 4 is 5.82 Å². The fraction of sp³-hybridized carbons (Fsp3) is 0.444. The van der Waals surface area contributed by atoms with Crippen molar-refractivity contribution in [3.8, 4) is 0 Å². The lowest BCUT2D eigenvalue weighted by atomic mass is 10.3. The highest BCUT2D eigenvalue weighted by Gasteiger charge is 2.32. The second-order valence-electron chi connectivity index (χ2n) is 2.83. The van der Waals surface area contributed by atoms with E-state index in [4.69, 9.17) is 0 Å². The summed E-state index contributed by atoms with van der Waals surface area (Å²) in [4.78, 5) is 3.45. The number of anilines is 1. The maximum absolute atomic E-state index is 12.2. The van der Waals surface area contributed by atoms with E-state index in [0.29, 0.717) is 6.54 Å². The number of hydrogen-bond donors (Lipinski definition) is 1. The second-order valence-corrected chi connectivity index (χ2v) is 2.83. The number of halogens is 3. The molecule has 2 nitrogen and oxygen atoms in total. The van der Waals surface area contributed by atoms with E-state index in [-0.39, 0.29) is 5.82 Å². The van der Waals surface area contributed by atoms with Crippen molar-refractivity contribution in [2.24, 2.45) is 0 Å². The Morgan fingerprint density at radius 3 is 2.64 bits per heavy atom. The molecule has 0 aromatic carbocycles. The quantitative estimate of drug-likeness (QED) is 0.818. The minimum absolute atomic E-state index is 0.265. The van der Waals surface area contributed by atoms with E-state index < -0.39 is 11.9 Å². The molecule has 1 rings (SSSR count). The molecule has 0 amide bonds. The van der Waals surface area contributed by atoms with Crippen LogP contribution >= 0.6 is 0 Å². The van der Waals surface area contributed by atoms with E-state index in [1.165, 1.54) is 12.1 Å². The first-order valence-corrected chi connectivity index (χ1v) is 4.32. The molecule has 0 saturated heterocycles. The van der Waals surface area contributed by atoms with Crippen LogP contribution in [-0.4, -0.2) is 11.5 Å². The Balaban J connectivity index is 2.79. The Morgan fingerprint density at radius 2 is 2.07 bits per heavy atom. The molecule has 78 valence electrons. The maximum atomic E-state index is 12.2. The van der Waals surface area contributed by atoms with Gasteiger partial charge < -0.3 is 5.32 Å². The summed E-state index contributed by atoms with van der Waals surface area (Å²) in [6, 6.07) is 3.82. The van der Waals surface area contributed by atoms with Crippen molar-refractivity contribution in [2.45, 2.75) is 19.5 Å². The fourth-order valence-corrected chi connectivity index (χ4v) is 0.944. The van der Waals surface area contributed by atoms with Crippen molar-refractivity contribution < 1.29 is 13.2 Å². The maximum Gasteiger partial charge on any atom is 0.433 e. The number of nitrogens with one attached hydrogen (secondary N) is 1. The molecule has 0 aliphatic carbocycles. The molecule has 1 aromatic rings. The lowest BCUT2D eigenvalue weighted by Gasteiger charge is -2.08. The zero-order valence-electron chi connectivity index (χ0n) is 7.73. The molecule has 0 aliphatic rings. The summed E-state index contributed by atoms with van der Waals surface area (Å²) in [6.07, 6.45) is -3.53. The van der Waals surface area contributed by atoms with E-state index >= 15 is 0 Å². The van der Waals surface area contributed by atoms with Crippen molar-refractivity contribution in [1.29, 1.82) is 0 Å². The van der Waals surface area contributed by atoms with Gasteiger partial charge in [-0.25, -0.2) is 4.98 Å². The topological polar surface area (TPSA) is 24.9 Å². The Bertz CT molecular complexity index is 296. The van der Waals surface area contributed by atoms with Crippen molar-refractivity contribution in [3.05, 3.63) is 23.9 Å². The van der Waals surface area contributed by atoms with Gasteiger partial charge >= 0.3 is 6.18 Å². The third kappa shape index (κ3) is 2.90. The van der Waals surface area contributed by atoms with Gasteiger partial charge in [-0.2, -0.15) is 13.2 Å². The number of aromatic nitrogens is 1. The molecule has 0 spiro atoms. The predicted octanol–water partition coefficient (Wildman–Crippen LogP) is 2.92. The molecule has 0 aliphatic heterocycles. The number of nitrogens with zero attached hydrogens (tertiary/aromatic N) is 1. The van der Waals surface area contributed by atoms with Crippen LogP contribution in [0.1, 0.15) is 19.0 Å². The standard InChI is InChI=1S/C9H11F3N2/c1-2-6-13-8-5-3-4-7(14-8)9(10,11)12/h3-5H,2,6H2,1H3,(H,13,14). The predicted molar refractivity (Wildman–Crippen MR) is 48.0 cm³/mol. The molecule has 1 aromatic heterocycles. The van der Waals surface area contributed by atoms with Crippen LogP contribution in [0, 0.1) is 0 Å². The molecule has 1 heterocycles. The van der Waals surface area contributed by atoms with Gasteiger partial charge in [-0.3, -0.25) is 0 Å². The minimum Gasteiger partial charge on any atom is -0.370 e. The van der Waals surface area contributed by atoms with Gasteiger partial charge in [0.05, 0.1) is 0 Å². The van der Waals surface area contributed by atoms with Crippen molar-refractivity contribution in [2.75, 3.05) is 11.9 Å². The lowest BCUT2D eigenvalue weighted by Crippen LogP contribution is -2.10. The van der Waals surface area contributed by atoms with Gasteiger partial charge in [-0.05, 0) is 18.6 Å². The number of pyridine rings is 1. The van der Waals surface area contributed by atoms with Gasteiger partial charge in [0.25, 0.3) is 0 Å². The molecule has 0 radical (unpaired) electrons. The van der Waals surface area contributed by atoms with Gasteiger partial charge in [-0.15, -0.1) is 0 Å². The van der Waals surface area contributed by atoms with Crippen LogP contribution in [0.25, 0.3) is 0 Å². The minimum atomic E-state index is -4.37. The van der Waals surface area contributed by atoms with Gasteiger partial charge in [0.15, 0.2) is 0 Å². The molecule has 0 fully saturated rings. The van der Waals surface area contributed by atoms with Crippen LogP contribution in [0.3, 0.4) is 0 Å². The highest BCUT2D eigenvalue weighted by molar-refractivity contribution is 5.35. The summed E-state index contributed by atoms with van der Waals surface area (Å²) in [5.74, 6) is 0.265. The average molecular weight is 204 g/mol. The van der Waals surface area contributed by atoms with Crippen LogP contribution in [0.2, 0.25) is 0 Å². The second kappa shape index (κ2) is 4.30. The van der Waals surface area contributed by atoms with E-state index in [0.717, 1.165) is 12.5 Å². The third-order valence-corrected chi connectivity index (χ3v) is 1.60. The average Bonchev–Trinajstić information content (AvgIpc) is 2.14. The fourth-order valence-electron chi connectivity index (χ4n) is 0.944. The van der Waals surface area contributed by atoms with E-state index in [1.54, 1.807) is 0 Å². The highest BCUT2D eigenvalue weighted by Crippen LogP contribution is 2.27. The Labute approximate surface area is 80.2 Å². The Morgan fingerprint density at radius 1 is 1.36 bits per heavy atom. The van der Waals surface area contributed by atoms with Crippen LogP contribution in [-0.2, 0) is 6.18 Å². The molecule has 5 heteroatoms. The van der Waals surface area contributed by atoms with Crippen LogP contribution < -0.4 is 5.32 Å². The number of alkyl halides is 3. The summed E-state index contributed by atoms with van der Waals surface area (Å²) in [5.41, 5.74) is -0.862.